The van der Waals surface area contributed by atoms with E-state index in [4.69, 9.17) is 15.2 Å². The summed E-state index contributed by atoms with van der Waals surface area (Å²) in [4.78, 5) is 45.6. The number of ether oxygens (including phenoxy) is 2. The van der Waals surface area contributed by atoms with E-state index in [0.29, 0.717) is 5.00 Å². The Morgan fingerprint density at radius 3 is 2.52 bits per heavy atom. The predicted octanol–water partition coefficient (Wildman–Crippen LogP) is 3.15. The van der Waals surface area contributed by atoms with Crippen molar-refractivity contribution >= 4 is 40.0 Å². The molecule has 0 spiro atoms. The zero-order valence-corrected chi connectivity index (χ0v) is 17.6. The summed E-state index contributed by atoms with van der Waals surface area (Å²) in [5.74, 6) is -2.17. The highest BCUT2D eigenvalue weighted by Gasteiger charge is 2.25. The number of thiophene rings is 1. The smallest absolute Gasteiger partial charge is 0.361 e. The molecule has 160 valence electrons. The van der Waals surface area contributed by atoms with E-state index < -0.39 is 23.9 Å². The highest BCUT2D eigenvalue weighted by molar-refractivity contribution is 7.20. The van der Waals surface area contributed by atoms with Crippen LogP contribution in [0.4, 0.5) is 10.8 Å². The first kappa shape index (κ1) is 21.9. The van der Waals surface area contributed by atoms with E-state index in [0.717, 1.165) is 10.4 Å². The molecular formula is C21H20N4O5S. The Balaban J connectivity index is 1.79. The lowest BCUT2D eigenvalue weighted by atomic mass is 10.1. The van der Waals surface area contributed by atoms with E-state index >= 15 is 0 Å². The molecule has 2 heterocycles. The SMILES string of the molecule is CCOC(=O)c1cc(-c2ccccc2)sc1NC(=O)[C@H](C)OC(=O)c1nccnc1N. The molecule has 0 radical (unpaired) electrons. The quantitative estimate of drug-likeness (QED) is 0.535. The van der Waals surface area contributed by atoms with Crippen LogP contribution in [-0.4, -0.2) is 40.5 Å². The molecule has 0 unspecified atom stereocenters. The van der Waals surface area contributed by atoms with Gasteiger partial charge in [-0.3, -0.25) is 4.79 Å². The lowest BCUT2D eigenvalue weighted by Gasteiger charge is -2.13. The second-order valence-electron chi connectivity index (χ2n) is 6.27. The third-order valence-electron chi connectivity index (χ3n) is 4.10. The number of nitrogens with one attached hydrogen (secondary N) is 1. The molecule has 2 aromatic heterocycles. The second-order valence-corrected chi connectivity index (χ2v) is 7.32. The molecule has 0 fully saturated rings. The van der Waals surface area contributed by atoms with Gasteiger partial charge in [-0.15, -0.1) is 11.3 Å². The number of rotatable bonds is 7. The molecule has 1 aromatic carbocycles. The number of benzene rings is 1. The molecule has 3 aromatic rings. The molecule has 0 bridgehead atoms. The van der Waals surface area contributed by atoms with Crippen LogP contribution in [0.15, 0.2) is 48.8 Å². The summed E-state index contributed by atoms with van der Waals surface area (Å²) >= 11 is 1.21. The highest BCUT2D eigenvalue weighted by Crippen LogP contribution is 2.36. The highest BCUT2D eigenvalue weighted by atomic mass is 32.1. The Morgan fingerprint density at radius 1 is 1.13 bits per heavy atom. The molecule has 0 saturated heterocycles. The van der Waals surface area contributed by atoms with Gasteiger partial charge in [0.2, 0.25) is 0 Å². The summed E-state index contributed by atoms with van der Waals surface area (Å²) in [6.45, 7) is 3.28. The van der Waals surface area contributed by atoms with Gasteiger partial charge in [-0.1, -0.05) is 30.3 Å². The summed E-state index contributed by atoms with van der Waals surface area (Å²) in [6.07, 6.45) is 1.45. The predicted molar refractivity (Wildman–Crippen MR) is 116 cm³/mol. The lowest BCUT2D eigenvalue weighted by Crippen LogP contribution is -2.30. The van der Waals surface area contributed by atoms with Gasteiger partial charge >= 0.3 is 11.9 Å². The van der Waals surface area contributed by atoms with Crippen molar-refractivity contribution in [1.82, 2.24) is 9.97 Å². The van der Waals surface area contributed by atoms with Crippen molar-refractivity contribution in [2.45, 2.75) is 20.0 Å². The van der Waals surface area contributed by atoms with E-state index in [1.54, 1.807) is 13.0 Å². The van der Waals surface area contributed by atoms with Crippen molar-refractivity contribution in [3.8, 4) is 10.4 Å². The van der Waals surface area contributed by atoms with Crippen LogP contribution in [0.25, 0.3) is 10.4 Å². The first-order valence-electron chi connectivity index (χ1n) is 9.35. The summed E-state index contributed by atoms with van der Waals surface area (Å²) in [6, 6.07) is 11.1. The molecule has 1 amide bonds. The standard InChI is InChI=1S/C21H20N4O5S/c1-3-29-20(27)14-11-15(13-7-5-4-6-8-13)31-19(14)25-18(26)12(2)30-21(28)16-17(22)24-10-9-23-16/h4-12H,3H2,1-2H3,(H2,22,24)(H,25,26)/t12-/m0/s1. The van der Waals surface area contributed by atoms with Gasteiger partial charge in [0, 0.05) is 17.3 Å². The van der Waals surface area contributed by atoms with Crippen molar-refractivity contribution in [3.05, 3.63) is 60.0 Å². The average Bonchev–Trinajstić information content (AvgIpc) is 3.18. The maximum atomic E-state index is 12.6. The Kier molecular flexibility index (Phi) is 6.93. The molecule has 1 atom stereocenters. The van der Waals surface area contributed by atoms with Crippen LogP contribution in [0.2, 0.25) is 0 Å². The minimum Gasteiger partial charge on any atom is -0.462 e. The third-order valence-corrected chi connectivity index (χ3v) is 5.19. The molecule has 3 rings (SSSR count). The number of nitrogens with zero attached hydrogens (tertiary/aromatic N) is 2. The fourth-order valence-corrected chi connectivity index (χ4v) is 3.63. The summed E-state index contributed by atoms with van der Waals surface area (Å²) < 4.78 is 10.2. The van der Waals surface area contributed by atoms with E-state index in [-0.39, 0.29) is 23.7 Å². The van der Waals surface area contributed by atoms with Crippen LogP contribution in [0.1, 0.15) is 34.7 Å². The molecule has 0 aliphatic rings. The number of nitrogen functional groups attached to an aromatic ring is 1. The van der Waals surface area contributed by atoms with E-state index in [1.807, 2.05) is 30.3 Å². The van der Waals surface area contributed by atoms with Gasteiger partial charge in [-0.25, -0.2) is 19.6 Å². The fourth-order valence-electron chi connectivity index (χ4n) is 2.58. The van der Waals surface area contributed by atoms with Crippen LogP contribution in [-0.2, 0) is 14.3 Å². The average molecular weight is 440 g/mol. The number of nitrogens with two attached hydrogens (primary N) is 1. The Hall–Kier alpha value is -3.79. The third kappa shape index (κ3) is 5.23. The first-order valence-corrected chi connectivity index (χ1v) is 10.2. The van der Waals surface area contributed by atoms with E-state index in [2.05, 4.69) is 15.3 Å². The van der Waals surface area contributed by atoms with Crippen molar-refractivity contribution in [2.75, 3.05) is 17.7 Å². The number of aromatic nitrogens is 2. The van der Waals surface area contributed by atoms with E-state index in [9.17, 15) is 14.4 Å². The Bertz CT molecular complexity index is 1100. The lowest BCUT2D eigenvalue weighted by molar-refractivity contribution is -0.123. The minimum absolute atomic E-state index is 0.101. The first-order chi connectivity index (χ1) is 14.9. The molecule has 10 heteroatoms. The van der Waals surface area contributed by atoms with Crippen LogP contribution in [0.3, 0.4) is 0 Å². The summed E-state index contributed by atoms with van der Waals surface area (Å²) in [5, 5.41) is 2.94. The summed E-state index contributed by atoms with van der Waals surface area (Å²) in [7, 11) is 0. The number of hydrogen-bond donors (Lipinski definition) is 2. The van der Waals surface area contributed by atoms with Crippen molar-refractivity contribution in [1.29, 1.82) is 0 Å². The van der Waals surface area contributed by atoms with Gasteiger partial charge in [0.15, 0.2) is 17.6 Å². The van der Waals surface area contributed by atoms with Crippen LogP contribution >= 0.6 is 11.3 Å². The number of anilines is 2. The Morgan fingerprint density at radius 2 is 1.84 bits per heavy atom. The zero-order valence-electron chi connectivity index (χ0n) is 16.8. The number of hydrogen-bond acceptors (Lipinski definition) is 9. The number of amides is 1. The van der Waals surface area contributed by atoms with Crippen LogP contribution < -0.4 is 11.1 Å². The molecule has 9 nitrogen and oxygen atoms in total. The molecule has 3 N–H and O–H groups in total. The van der Waals surface area contributed by atoms with Gasteiger partial charge in [-0.2, -0.15) is 0 Å². The van der Waals surface area contributed by atoms with Gasteiger partial charge < -0.3 is 20.5 Å². The number of carbonyl (C=O) groups is 3. The van der Waals surface area contributed by atoms with Crippen molar-refractivity contribution in [3.63, 3.8) is 0 Å². The summed E-state index contributed by atoms with van der Waals surface area (Å²) in [5.41, 5.74) is 6.53. The largest absolute Gasteiger partial charge is 0.462 e. The Labute approximate surface area is 182 Å². The maximum Gasteiger partial charge on any atom is 0.361 e. The molecule has 31 heavy (non-hydrogen) atoms. The molecule has 0 saturated carbocycles. The molecule has 0 aliphatic heterocycles. The normalized spacial score (nSPS) is 11.4. The minimum atomic E-state index is -1.17. The van der Waals surface area contributed by atoms with Crippen molar-refractivity contribution in [2.24, 2.45) is 0 Å². The van der Waals surface area contributed by atoms with Gasteiger partial charge in [0.05, 0.1) is 12.2 Å². The monoisotopic (exact) mass is 440 g/mol. The maximum absolute atomic E-state index is 12.6. The van der Waals surface area contributed by atoms with Gasteiger partial charge in [0.1, 0.15) is 5.00 Å². The van der Waals surface area contributed by atoms with Crippen LogP contribution in [0, 0.1) is 0 Å². The number of esters is 2. The fraction of sp³-hybridized carbons (Fsp3) is 0.190. The topological polar surface area (TPSA) is 134 Å². The van der Waals surface area contributed by atoms with Gasteiger partial charge in [0.25, 0.3) is 5.91 Å². The molecular weight excluding hydrogens is 420 g/mol. The number of carbonyl (C=O) groups excluding carboxylic acids is 3. The van der Waals surface area contributed by atoms with Crippen molar-refractivity contribution < 1.29 is 23.9 Å². The van der Waals surface area contributed by atoms with E-state index in [1.165, 1.54) is 30.7 Å². The van der Waals surface area contributed by atoms with Gasteiger partial charge in [-0.05, 0) is 25.5 Å². The van der Waals surface area contributed by atoms with Crippen LogP contribution in [0.5, 0.6) is 0 Å². The molecule has 0 aliphatic carbocycles. The zero-order chi connectivity index (χ0) is 22.4. The second kappa shape index (κ2) is 9.81.